The summed E-state index contributed by atoms with van der Waals surface area (Å²) in [5.74, 6) is 0. The van der Waals surface area contributed by atoms with Crippen LogP contribution in [0.1, 0.15) is 33.3 Å². The molecule has 0 spiro atoms. The third-order valence-electron chi connectivity index (χ3n) is 2.25. The van der Waals surface area contributed by atoms with Crippen molar-refractivity contribution < 1.29 is 8.95 Å². The lowest BCUT2D eigenvalue weighted by Crippen LogP contribution is -2.21. The average Bonchev–Trinajstić information content (AvgIpc) is 2.33. The van der Waals surface area contributed by atoms with Gasteiger partial charge in [0.05, 0.1) is 17.5 Å². The van der Waals surface area contributed by atoms with Gasteiger partial charge < -0.3 is 4.74 Å². The smallest absolute Gasteiger partial charge is 0.144 e. The molecule has 1 aromatic rings. The Morgan fingerprint density at radius 2 is 1.94 bits per heavy atom. The molecule has 0 bridgehead atoms. The van der Waals surface area contributed by atoms with Crippen LogP contribution in [-0.4, -0.2) is 21.3 Å². The van der Waals surface area contributed by atoms with Crippen molar-refractivity contribution in [2.24, 2.45) is 4.40 Å². The van der Waals surface area contributed by atoms with Crippen molar-refractivity contribution in [1.29, 1.82) is 0 Å². The van der Waals surface area contributed by atoms with Crippen LogP contribution in [0.15, 0.2) is 34.7 Å². The normalized spacial score (nSPS) is 15.8. The zero-order valence-electron chi connectivity index (χ0n) is 11.4. The summed E-state index contributed by atoms with van der Waals surface area (Å²) < 4.78 is 21.0. The van der Waals surface area contributed by atoms with E-state index in [1.54, 1.807) is 6.21 Å². The van der Waals surface area contributed by atoms with E-state index in [0.717, 1.165) is 5.56 Å². The van der Waals surface area contributed by atoms with Gasteiger partial charge in [0.1, 0.15) is 11.0 Å². The summed E-state index contributed by atoms with van der Waals surface area (Å²) in [4.78, 5) is 0. The minimum atomic E-state index is -1.22. The molecular formula is C14H21NO2S. The van der Waals surface area contributed by atoms with Gasteiger partial charge in [0, 0.05) is 6.21 Å². The minimum absolute atomic E-state index is 0.142. The van der Waals surface area contributed by atoms with Crippen molar-refractivity contribution in [2.45, 2.75) is 45.2 Å². The zero-order valence-corrected chi connectivity index (χ0v) is 12.2. The van der Waals surface area contributed by atoms with E-state index < -0.39 is 11.0 Å². The highest BCUT2D eigenvalue weighted by atomic mass is 32.2. The van der Waals surface area contributed by atoms with Gasteiger partial charge in [0.15, 0.2) is 0 Å². The molecule has 0 saturated carbocycles. The third kappa shape index (κ3) is 5.56. The molecule has 0 aliphatic rings. The third-order valence-corrected chi connectivity index (χ3v) is 3.61. The van der Waals surface area contributed by atoms with Crippen molar-refractivity contribution in [3.8, 4) is 0 Å². The summed E-state index contributed by atoms with van der Waals surface area (Å²) in [7, 11) is -1.22. The Hall–Kier alpha value is -1.00. The first-order chi connectivity index (χ1) is 8.39. The number of hydrogen-bond donors (Lipinski definition) is 0. The lowest BCUT2D eigenvalue weighted by molar-refractivity contribution is 0.0992. The first-order valence-corrected chi connectivity index (χ1v) is 7.12. The van der Waals surface area contributed by atoms with Crippen molar-refractivity contribution in [3.63, 3.8) is 0 Å². The maximum Gasteiger partial charge on any atom is 0.144 e. The predicted molar refractivity (Wildman–Crippen MR) is 77.1 cm³/mol. The van der Waals surface area contributed by atoms with E-state index in [2.05, 4.69) is 4.40 Å². The topological polar surface area (TPSA) is 38.7 Å². The molecule has 18 heavy (non-hydrogen) atoms. The van der Waals surface area contributed by atoms with Gasteiger partial charge in [-0.2, -0.15) is 4.40 Å². The van der Waals surface area contributed by atoms with Gasteiger partial charge in [-0.05, 0) is 33.3 Å². The highest BCUT2D eigenvalue weighted by Gasteiger charge is 2.18. The van der Waals surface area contributed by atoms with E-state index in [1.165, 1.54) is 0 Å². The van der Waals surface area contributed by atoms with Crippen LogP contribution < -0.4 is 0 Å². The fourth-order valence-electron chi connectivity index (χ4n) is 1.14. The number of benzene rings is 1. The lowest BCUT2D eigenvalue weighted by Gasteiger charge is -2.14. The van der Waals surface area contributed by atoms with E-state index in [1.807, 2.05) is 58.0 Å². The van der Waals surface area contributed by atoms with Crippen LogP contribution in [-0.2, 0) is 22.3 Å². The molecule has 4 heteroatoms. The molecule has 0 aliphatic heterocycles. The number of hydrogen-bond acceptors (Lipinski definition) is 2. The molecule has 0 amide bonds. The van der Waals surface area contributed by atoms with Crippen molar-refractivity contribution >= 4 is 17.2 Å². The first-order valence-electron chi connectivity index (χ1n) is 6.01. The Morgan fingerprint density at radius 1 is 1.33 bits per heavy atom. The summed E-state index contributed by atoms with van der Waals surface area (Å²) in [5.41, 5.74) is 1.12. The Balaban J connectivity index is 2.41. The molecule has 0 saturated heterocycles. The number of ether oxygens (including phenoxy) is 1. The summed E-state index contributed by atoms with van der Waals surface area (Å²) in [6.45, 7) is 8.13. The Kier molecular flexibility index (Phi) is 5.69. The molecule has 0 aromatic heterocycles. The van der Waals surface area contributed by atoms with Gasteiger partial charge in [-0.1, -0.05) is 30.3 Å². The monoisotopic (exact) mass is 267 g/mol. The quantitative estimate of drug-likeness (QED) is 0.769. The van der Waals surface area contributed by atoms with E-state index in [9.17, 15) is 4.21 Å². The molecule has 2 atom stereocenters. The van der Waals surface area contributed by atoms with Crippen molar-refractivity contribution in [3.05, 3.63) is 35.9 Å². The molecule has 0 radical (unpaired) electrons. The second kappa shape index (κ2) is 6.81. The van der Waals surface area contributed by atoms with Crippen molar-refractivity contribution in [2.75, 3.05) is 0 Å². The standard InChI is InChI=1S/C14H21NO2S/c1-12(10-15-18(16)14(2,3)4)17-11-13-8-6-5-7-9-13/h5-10,12H,11H2,1-4H3/b15-10+/t12-,18+/m0/s1. The number of rotatable bonds is 5. The van der Waals surface area contributed by atoms with Gasteiger partial charge in [0.2, 0.25) is 0 Å². The first kappa shape index (κ1) is 15.1. The predicted octanol–water partition coefficient (Wildman–Crippen LogP) is 3.12. The van der Waals surface area contributed by atoms with Gasteiger partial charge in [-0.25, -0.2) is 4.21 Å². The van der Waals surface area contributed by atoms with E-state index >= 15 is 0 Å². The maximum atomic E-state index is 11.7. The second-order valence-corrected chi connectivity index (χ2v) is 7.05. The summed E-state index contributed by atoms with van der Waals surface area (Å²) >= 11 is 0. The average molecular weight is 267 g/mol. The highest BCUT2D eigenvalue weighted by molar-refractivity contribution is 7.85. The summed E-state index contributed by atoms with van der Waals surface area (Å²) in [6, 6.07) is 9.95. The molecule has 0 aliphatic carbocycles. The van der Waals surface area contributed by atoms with Crippen LogP contribution in [0, 0.1) is 0 Å². The minimum Gasteiger partial charge on any atom is -0.368 e. The van der Waals surface area contributed by atoms with Gasteiger partial charge in [0.25, 0.3) is 0 Å². The largest absolute Gasteiger partial charge is 0.368 e. The van der Waals surface area contributed by atoms with Gasteiger partial charge >= 0.3 is 0 Å². The Morgan fingerprint density at radius 3 is 2.50 bits per heavy atom. The summed E-state index contributed by atoms with van der Waals surface area (Å²) in [6.07, 6.45) is 1.47. The fraction of sp³-hybridized carbons (Fsp3) is 0.500. The Bertz CT molecular complexity index is 410. The maximum absolute atomic E-state index is 11.7. The molecule has 0 unspecified atom stereocenters. The van der Waals surface area contributed by atoms with E-state index in [-0.39, 0.29) is 10.9 Å². The van der Waals surface area contributed by atoms with Crippen LogP contribution in [0.25, 0.3) is 0 Å². The molecular weight excluding hydrogens is 246 g/mol. The highest BCUT2D eigenvalue weighted by Crippen LogP contribution is 2.12. The van der Waals surface area contributed by atoms with Gasteiger partial charge in [-0.15, -0.1) is 0 Å². The zero-order chi connectivity index (χ0) is 13.6. The molecule has 0 heterocycles. The molecule has 1 rings (SSSR count). The summed E-state index contributed by atoms with van der Waals surface area (Å²) in [5, 5.41) is 0. The lowest BCUT2D eigenvalue weighted by atomic mass is 10.2. The van der Waals surface area contributed by atoms with Gasteiger partial charge in [-0.3, -0.25) is 0 Å². The molecule has 3 nitrogen and oxygen atoms in total. The Labute approximate surface area is 112 Å². The van der Waals surface area contributed by atoms with Crippen molar-refractivity contribution in [1.82, 2.24) is 0 Å². The molecule has 0 fully saturated rings. The SMILES string of the molecule is C[C@@H](/C=N/[S@](=O)C(C)(C)C)OCc1ccccc1. The fourth-order valence-corrected chi connectivity index (χ4v) is 1.74. The van der Waals surface area contributed by atoms with E-state index in [0.29, 0.717) is 6.61 Å². The van der Waals surface area contributed by atoms with E-state index in [4.69, 9.17) is 4.74 Å². The molecule has 1 aromatic carbocycles. The van der Waals surface area contributed by atoms with Crippen LogP contribution in [0.2, 0.25) is 0 Å². The molecule has 100 valence electrons. The second-order valence-electron chi connectivity index (χ2n) is 5.12. The van der Waals surface area contributed by atoms with Crippen LogP contribution in [0.5, 0.6) is 0 Å². The van der Waals surface area contributed by atoms with Crippen LogP contribution >= 0.6 is 0 Å². The van der Waals surface area contributed by atoms with Crippen LogP contribution in [0.3, 0.4) is 0 Å². The van der Waals surface area contributed by atoms with Crippen LogP contribution in [0.4, 0.5) is 0 Å². The number of nitrogens with zero attached hydrogens (tertiary/aromatic N) is 1. The molecule has 0 N–H and O–H groups in total.